The van der Waals surface area contributed by atoms with Crippen LogP contribution >= 0.6 is 7.82 Å². The lowest BCUT2D eigenvalue weighted by Crippen LogP contribution is -2.64. The zero-order valence-corrected chi connectivity index (χ0v) is 37.9. The minimum absolute atomic E-state index is 0.0907. The fourth-order valence-corrected chi connectivity index (χ4v) is 7.71. The van der Waals surface area contributed by atoms with Gasteiger partial charge in [0.1, 0.15) is 42.7 Å². The third kappa shape index (κ3) is 29.4. The number of phosphoric ester groups is 1. The normalized spacial score (nSPS) is 22.9. The summed E-state index contributed by atoms with van der Waals surface area (Å²) in [6.45, 7) is 4.11. The molecular formula is C47H83O12P. The number of unbranched alkanes of at least 4 members (excludes halogenated alkanes) is 16. The smallest absolute Gasteiger partial charge is 0.457 e. The molecule has 13 heteroatoms. The summed E-state index contributed by atoms with van der Waals surface area (Å²) in [6.07, 6.45) is 34.3. The van der Waals surface area contributed by atoms with Crippen LogP contribution in [0.25, 0.3) is 0 Å². The fraction of sp³-hybridized carbons (Fsp3) is 0.766. The molecule has 60 heavy (non-hydrogen) atoms. The molecule has 1 rings (SSSR count). The van der Waals surface area contributed by atoms with Crippen molar-refractivity contribution in [2.24, 2.45) is 0 Å². The van der Waals surface area contributed by atoms with Crippen molar-refractivity contribution in [3.8, 4) is 0 Å². The number of allylic oxidation sites excluding steroid dienone is 10. The van der Waals surface area contributed by atoms with Gasteiger partial charge in [0.15, 0.2) is 0 Å². The second kappa shape index (κ2) is 37.6. The first kappa shape index (κ1) is 56.1. The monoisotopic (exact) mass is 871 g/mol. The first-order valence-corrected chi connectivity index (χ1v) is 24.6. The van der Waals surface area contributed by atoms with Crippen LogP contribution in [0.1, 0.15) is 168 Å². The Hall–Kier alpha value is -1.96. The van der Waals surface area contributed by atoms with Gasteiger partial charge in [0.25, 0.3) is 0 Å². The van der Waals surface area contributed by atoms with Crippen molar-refractivity contribution in [3.05, 3.63) is 60.8 Å². The summed E-state index contributed by atoms with van der Waals surface area (Å²) in [7, 11) is -5.03. The molecule has 12 nitrogen and oxygen atoms in total. The van der Waals surface area contributed by atoms with E-state index in [1.54, 1.807) is 0 Å². The van der Waals surface area contributed by atoms with Crippen LogP contribution in [-0.2, 0) is 27.9 Å². The molecule has 348 valence electrons. The number of ether oxygens (including phenoxy) is 2. The Balaban J connectivity index is 2.43. The summed E-state index contributed by atoms with van der Waals surface area (Å²) in [6, 6.07) is 0. The highest BCUT2D eigenvalue weighted by Crippen LogP contribution is 2.47. The van der Waals surface area contributed by atoms with Gasteiger partial charge >= 0.3 is 13.8 Å². The Morgan fingerprint density at radius 2 is 0.983 bits per heavy atom. The van der Waals surface area contributed by atoms with Crippen LogP contribution in [0.3, 0.4) is 0 Å². The summed E-state index contributed by atoms with van der Waals surface area (Å²) >= 11 is 0. The van der Waals surface area contributed by atoms with Gasteiger partial charge in [-0.05, 0) is 57.8 Å². The van der Waals surface area contributed by atoms with Gasteiger partial charge in [-0.25, -0.2) is 4.57 Å². The van der Waals surface area contributed by atoms with Gasteiger partial charge in [0.2, 0.25) is 0 Å². The van der Waals surface area contributed by atoms with Gasteiger partial charge in [-0.2, -0.15) is 0 Å². The molecule has 0 aromatic rings. The maximum Gasteiger partial charge on any atom is 0.472 e. The molecule has 0 heterocycles. The number of phosphoric acid groups is 1. The average molecular weight is 871 g/mol. The number of carbonyl (C=O) groups excluding carboxylic acids is 1. The Bertz CT molecular complexity index is 1220. The van der Waals surface area contributed by atoms with Crippen molar-refractivity contribution in [3.63, 3.8) is 0 Å². The van der Waals surface area contributed by atoms with E-state index in [0.717, 1.165) is 70.6 Å². The van der Waals surface area contributed by atoms with Gasteiger partial charge in [-0.3, -0.25) is 13.8 Å². The standard InChI is InChI=1S/C47H83O12P/c1-3-5-7-9-11-13-15-17-19-20-21-22-23-24-26-28-30-32-34-36-41(48)58-40(38-56-37-35-33-31-29-27-25-18-16-14-12-10-8-6-4-2)39-57-60(54,55)59-47-45(52)43(50)42(49)44(51)46(47)53/h5,7,11,13,17,19,21-22,24,26,40,42-47,49-53H,3-4,6,8-10,12,14-16,18,20,23,25,27-39H2,1-2H3,(H,54,55)/b7-5-,13-11-,19-17-,22-21-,26-24-. The number of hydrogen-bond donors (Lipinski definition) is 6. The number of rotatable bonds is 38. The van der Waals surface area contributed by atoms with Crippen LogP contribution in [0, 0.1) is 0 Å². The topological polar surface area (TPSA) is 192 Å². The molecule has 0 spiro atoms. The molecule has 1 saturated carbocycles. The maximum atomic E-state index is 12.8. The van der Waals surface area contributed by atoms with E-state index >= 15 is 0 Å². The van der Waals surface area contributed by atoms with Crippen molar-refractivity contribution in [2.45, 2.75) is 211 Å². The highest BCUT2D eigenvalue weighted by Gasteiger charge is 2.51. The van der Waals surface area contributed by atoms with Crippen LogP contribution in [0.2, 0.25) is 0 Å². The van der Waals surface area contributed by atoms with E-state index < -0.39 is 63.1 Å². The number of aliphatic hydroxyl groups excluding tert-OH is 5. The van der Waals surface area contributed by atoms with Crippen LogP contribution < -0.4 is 0 Å². The number of aliphatic hydroxyl groups is 5. The fourth-order valence-electron chi connectivity index (χ4n) is 6.73. The quantitative estimate of drug-likeness (QED) is 0.0149. The zero-order valence-electron chi connectivity index (χ0n) is 37.0. The van der Waals surface area contributed by atoms with Crippen LogP contribution in [0.5, 0.6) is 0 Å². The largest absolute Gasteiger partial charge is 0.472 e. The predicted molar refractivity (Wildman–Crippen MR) is 239 cm³/mol. The zero-order chi connectivity index (χ0) is 44.1. The van der Waals surface area contributed by atoms with Gasteiger partial charge in [-0.1, -0.05) is 164 Å². The second-order valence-corrected chi connectivity index (χ2v) is 17.3. The molecular weight excluding hydrogens is 787 g/mol. The average Bonchev–Trinajstić information content (AvgIpc) is 3.23. The Kier molecular flexibility index (Phi) is 35.1. The molecule has 0 amide bonds. The van der Waals surface area contributed by atoms with E-state index in [0.29, 0.717) is 13.0 Å². The lowest BCUT2D eigenvalue weighted by atomic mass is 9.85. The van der Waals surface area contributed by atoms with E-state index in [-0.39, 0.29) is 13.0 Å². The third-order valence-electron chi connectivity index (χ3n) is 10.4. The van der Waals surface area contributed by atoms with Gasteiger partial charge in [0.05, 0.1) is 13.2 Å². The molecule has 6 unspecified atom stereocenters. The lowest BCUT2D eigenvalue weighted by Gasteiger charge is -2.41. The SMILES string of the molecule is CC/C=C\C/C=C\C/C=C\C/C=C\C/C=C\CCCCCC(=O)OC(COCCCCCCCCCCCCCCCC)COP(=O)(O)OC1C(O)C(O)C(O)C(O)C1O. The third-order valence-corrected chi connectivity index (χ3v) is 11.4. The van der Waals surface area contributed by atoms with Gasteiger partial charge < -0.3 is 39.9 Å². The molecule has 1 aliphatic rings. The molecule has 0 bridgehead atoms. The first-order chi connectivity index (χ1) is 29.0. The summed E-state index contributed by atoms with van der Waals surface area (Å²) in [5, 5.41) is 50.2. The molecule has 0 radical (unpaired) electrons. The van der Waals surface area contributed by atoms with E-state index in [1.165, 1.54) is 70.6 Å². The first-order valence-electron chi connectivity index (χ1n) is 23.1. The Labute approximate surface area is 362 Å². The highest BCUT2D eigenvalue weighted by atomic mass is 31.2. The second-order valence-electron chi connectivity index (χ2n) is 15.9. The highest BCUT2D eigenvalue weighted by molar-refractivity contribution is 7.47. The number of hydrogen-bond acceptors (Lipinski definition) is 11. The van der Waals surface area contributed by atoms with Gasteiger partial charge in [-0.15, -0.1) is 0 Å². The van der Waals surface area contributed by atoms with E-state index in [2.05, 4.69) is 74.6 Å². The molecule has 0 aromatic carbocycles. The van der Waals surface area contributed by atoms with Crippen molar-refractivity contribution >= 4 is 13.8 Å². The van der Waals surface area contributed by atoms with E-state index in [9.17, 15) is 39.8 Å². The number of esters is 1. The van der Waals surface area contributed by atoms with E-state index in [4.69, 9.17) is 18.5 Å². The Morgan fingerprint density at radius 3 is 1.48 bits per heavy atom. The molecule has 0 aromatic heterocycles. The van der Waals surface area contributed by atoms with Crippen LogP contribution in [0.4, 0.5) is 0 Å². The predicted octanol–water partition coefficient (Wildman–Crippen LogP) is 9.42. The molecule has 0 saturated heterocycles. The maximum absolute atomic E-state index is 12.8. The Morgan fingerprint density at radius 1 is 0.550 bits per heavy atom. The van der Waals surface area contributed by atoms with Crippen molar-refractivity contribution in [1.82, 2.24) is 0 Å². The minimum atomic E-state index is -5.03. The summed E-state index contributed by atoms with van der Waals surface area (Å²) < 4.78 is 34.1. The molecule has 1 aliphatic carbocycles. The van der Waals surface area contributed by atoms with Crippen LogP contribution in [0.15, 0.2) is 60.8 Å². The summed E-state index contributed by atoms with van der Waals surface area (Å²) in [5.74, 6) is -0.509. The molecule has 6 atom stereocenters. The van der Waals surface area contributed by atoms with Crippen molar-refractivity contribution in [1.29, 1.82) is 0 Å². The van der Waals surface area contributed by atoms with Crippen LogP contribution in [-0.4, -0.2) is 98.9 Å². The summed E-state index contributed by atoms with van der Waals surface area (Å²) in [5.41, 5.74) is 0. The number of carbonyl (C=O) groups is 1. The van der Waals surface area contributed by atoms with Crippen molar-refractivity contribution in [2.75, 3.05) is 19.8 Å². The minimum Gasteiger partial charge on any atom is -0.457 e. The molecule has 1 fully saturated rings. The van der Waals surface area contributed by atoms with Crippen molar-refractivity contribution < 1.29 is 58.3 Å². The lowest BCUT2D eigenvalue weighted by molar-refractivity contribution is -0.220. The van der Waals surface area contributed by atoms with Gasteiger partial charge in [0, 0.05) is 13.0 Å². The van der Waals surface area contributed by atoms with E-state index in [1.807, 2.05) is 0 Å². The molecule has 0 aliphatic heterocycles. The summed E-state index contributed by atoms with van der Waals surface area (Å²) in [4.78, 5) is 23.1. The molecule has 6 N–H and O–H groups in total.